The molecule has 0 heterocycles. The summed E-state index contributed by atoms with van der Waals surface area (Å²) in [4.78, 5) is 24.6. The number of rotatable bonds is 8. The Morgan fingerprint density at radius 1 is 1.33 bits per heavy atom. The van der Waals surface area contributed by atoms with Crippen LogP contribution in [0.25, 0.3) is 0 Å². The van der Waals surface area contributed by atoms with Gasteiger partial charge in [0.25, 0.3) is 0 Å². The van der Waals surface area contributed by atoms with Crippen LogP contribution in [0.15, 0.2) is 30.3 Å². The van der Waals surface area contributed by atoms with Crippen molar-refractivity contribution in [1.82, 2.24) is 10.2 Å². The minimum atomic E-state index is -0.992. The number of nitrogens with one attached hydrogen (secondary N) is 1. The Hall–Kier alpha value is -1.69. The summed E-state index contributed by atoms with van der Waals surface area (Å²) in [5, 5.41) is 11.7. The largest absolute Gasteiger partial charge is 0.480 e. The first-order chi connectivity index (χ1) is 10.0. The maximum Gasteiger partial charge on any atom is 0.326 e. The molecule has 116 valence electrons. The molecule has 2 amide bonds. The van der Waals surface area contributed by atoms with Gasteiger partial charge in [0.1, 0.15) is 6.04 Å². The average molecular weight is 310 g/mol. The number of hydrogen-bond donors (Lipinski definition) is 2. The molecule has 0 saturated heterocycles. The van der Waals surface area contributed by atoms with Crippen molar-refractivity contribution < 1.29 is 14.7 Å². The molecule has 0 fully saturated rings. The van der Waals surface area contributed by atoms with Crippen LogP contribution in [0, 0.1) is 0 Å². The highest BCUT2D eigenvalue weighted by Crippen LogP contribution is 2.03. The topological polar surface area (TPSA) is 69.6 Å². The van der Waals surface area contributed by atoms with Crippen LogP contribution in [0.5, 0.6) is 0 Å². The fourth-order valence-corrected chi connectivity index (χ4v) is 2.27. The number of hydrogen-bond acceptors (Lipinski definition) is 3. The lowest BCUT2D eigenvalue weighted by atomic mass is 10.1. The highest BCUT2D eigenvalue weighted by Gasteiger charge is 2.21. The van der Waals surface area contributed by atoms with E-state index in [1.807, 2.05) is 36.6 Å². The van der Waals surface area contributed by atoms with Crippen molar-refractivity contribution in [2.45, 2.75) is 18.9 Å². The van der Waals surface area contributed by atoms with Crippen LogP contribution in [0.2, 0.25) is 0 Å². The number of benzene rings is 1. The van der Waals surface area contributed by atoms with E-state index in [0.29, 0.717) is 18.7 Å². The molecule has 0 aromatic heterocycles. The van der Waals surface area contributed by atoms with Crippen molar-refractivity contribution >= 4 is 23.8 Å². The van der Waals surface area contributed by atoms with Gasteiger partial charge in [0.2, 0.25) is 0 Å². The molecular formula is C15H22N2O3S. The number of aliphatic carboxylic acids is 1. The number of amides is 2. The molecule has 5 nitrogen and oxygen atoms in total. The second-order valence-electron chi connectivity index (χ2n) is 4.78. The van der Waals surface area contributed by atoms with Crippen molar-refractivity contribution in [1.29, 1.82) is 0 Å². The van der Waals surface area contributed by atoms with Gasteiger partial charge in [-0.3, -0.25) is 0 Å². The molecule has 0 aliphatic rings. The number of carboxylic acids is 1. The first kappa shape index (κ1) is 17.4. The van der Waals surface area contributed by atoms with E-state index in [0.717, 1.165) is 12.0 Å². The Labute approximate surface area is 129 Å². The lowest BCUT2D eigenvalue weighted by Crippen LogP contribution is -2.47. The van der Waals surface area contributed by atoms with Gasteiger partial charge in [-0.25, -0.2) is 9.59 Å². The zero-order chi connectivity index (χ0) is 15.7. The second-order valence-corrected chi connectivity index (χ2v) is 5.76. The zero-order valence-electron chi connectivity index (χ0n) is 12.4. The van der Waals surface area contributed by atoms with Crippen molar-refractivity contribution in [3.8, 4) is 0 Å². The molecule has 0 aliphatic carbocycles. The van der Waals surface area contributed by atoms with E-state index in [9.17, 15) is 9.59 Å². The van der Waals surface area contributed by atoms with Gasteiger partial charge in [0.15, 0.2) is 0 Å². The summed E-state index contributed by atoms with van der Waals surface area (Å²) in [7, 11) is 1.67. The van der Waals surface area contributed by atoms with Crippen molar-refractivity contribution in [3.05, 3.63) is 35.9 Å². The van der Waals surface area contributed by atoms with Crippen LogP contribution in [0.4, 0.5) is 4.79 Å². The molecule has 0 spiro atoms. The van der Waals surface area contributed by atoms with E-state index in [-0.39, 0.29) is 6.03 Å². The third-order valence-electron chi connectivity index (χ3n) is 3.13. The molecule has 2 N–H and O–H groups in total. The van der Waals surface area contributed by atoms with E-state index in [1.165, 1.54) is 4.90 Å². The molecule has 0 unspecified atom stereocenters. The molecule has 0 radical (unpaired) electrons. The van der Waals surface area contributed by atoms with Crippen LogP contribution in [-0.4, -0.2) is 53.6 Å². The van der Waals surface area contributed by atoms with Gasteiger partial charge in [-0.1, -0.05) is 30.3 Å². The SMILES string of the molecule is CSCC[C@@H](NC(=O)N(C)CCc1ccccc1)C(=O)O. The standard InChI is InChI=1S/C15H22N2O3S/c1-17(10-8-12-6-4-3-5-7-12)15(20)16-13(14(18)19)9-11-21-2/h3-7,13H,8-11H2,1-2H3,(H,16,20)(H,18,19)/t13-/m1/s1. The summed E-state index contributed by atoms with van der Waals surface area (Å²) in [5.41, 5.74) is 1.15. The zero-order valence-corrected chi connectivity index (χ0v) is 13.2. The third-order valence-corrected chi connectivity index (χ3v) is 3.78. The molecule has 21 heavy (non-hydrogen) atoms. The Morgan fingerprint density at radius 2 is 2.00 bits per heavy atom. The summed E-state index contributed by atoms with van der Waals surface area (Å²) >= 11 is 1.56. The maximum absolute atomic E-state index is 12.0. The summed E-state index contributed by atoms with van der Waals surface area (Å²) < 4.78 is 0. The summed E-state index contributed by atoms with van der Waals surface area (Å²) in [6.07, 6.45) is 3.08. The van der Waals surface area contributed by atoms with E-state index in [2.05, 4.69) is 5.32 Å². The molecule has 6 heteroatoms. The Kier molecular flexibility index (Phi) is 7.68. The van der Waals surface area contributed by atoms with Crippen molar-refractivity contribution in [3.63, 3.8) is 0 Å². The normalized spacial score (nSPS) is 11.7. The van der Waals surface area contributed by atoms with Crippen LogP contribution in [-0.2, 0) is 11.2 Å². The van der Waals surface area contributed by atoms with Gasteiger partial charge in [-0.2, -0.15) is 11.8 Å². The smallest absolute Gasteiger partial charge is 0.326 e. The van der Waals surface area contributed by atoms with Gasteiger partial charge in [-0.15, -0.1) is 0 Å². The van der Waals surface area contributed by atoms with Crippen molar-refractivity contribution in [2.75, 3.05) is 25.6 Å². The quantitative estimate of drug-likeness (QED) is 0.771. The van der Waals surface area contributed by atoms with Crippen LogP contribution < -0.4 is 5.32 Å². The fraction of sp³-hybridized carbons (Fsp3) is 0.467. The fourth-order valence-electron chi connectivity index (χ4n) is 1.80. The molecule has 1 rings (SSSR count). The summed E-state index contributed by atoms with van der Waals surface area (Å²) in [6.45, 7) is 0.546. The minimum Gasteiger partial charge on any atom is -0.480 e. The van der Waals surface area contributed by atoms with Crippen LogP contribution in [0.3, 0.4) is 0 Å². The number of urea groups is 1. The van der Waals surface area contributed by atoms with E-state index >= 15 is 0 Å². The summed E-state index contributed by atoms with van der Waals surface area (Å²) in [6, 6.07) is 8.69. The number of carbonyl (C=O) groups is 2. The van der Waals surface area contributed by atoms with Crippen LogP contribution >= 0.6 is 11.8 Å². The van der Waals surface area contributed by atoms with E-state index < -0.39 is 12.0 Å². The Bertz CT molecular complexity index is 453. The summed E-state index contributed by atoms with van der Waals surface area (Å²) in [5.74, 6) is -0.292. The first-order valence-corrected chi connectivity index (χ1v) is 8.21. The first-order valence-electron chi connectivity index (χ1n) is 6.82. The monoisotopic (exact) mass is 310 g/mol. The van der Waals surface area contributed by atoms with Gasteiger partial charge in [0.05, 0.1) is 0 Å². The van der Waals surface area contributed by atoms with E-state index in [4.69, 9.17) is 5.11 Å². The van der Waals surface area contributed by atoms with Crippen molar-refractivity contribution in [2.24, 2.45) is 0 Å². The van der Waals surface area contributed by atoms with E-state index in [1.54, 1.807) is 18.8 Å². The molecule has 0 aliphatic heterocycles. The predicted octanol–water partition coefficient (Wildman–Crippen LogP) is 2.08. The van der Waals surface area contributed by atoms with Gasteiger partial charge in [0, 0.05) is 13.6 Å². The highest BCUT2D eigenvalue weighted by atomic mass is 32.2. The van der Waals surface area contributed by atoms with Gasteiger partial charge >= 0.3 is 12.0 Å². The molecule has 0 saturated carbocycles. The number of thioether (sulfide) groups is 1. The Balaban J connectivity index is 2.43. The average Bonchev–Trinajstić information content (AvgIpc) is 2.49. The highest BCUT2D eigenvalue weighted by molar-refractivity contribution is 7.98. The Morgan fingerprint density at radius 3 is 2.57 bits per heavy atom. The third kappa shape index (κ3) is 6.53. The molecule has 0 bridgehead atoms. The molecule has 1 aromatic rings. The number of likely N-dealkylation sites (N-methyl/N-ethyl adjacent to an activating group) is 1. The second kappa shape index (κ2) is 9.28. The molecule has 1 atom stereocenters. The number of nitrogens with zero attached hydrogens (tertiary/aromatic N) is 1. The lowest BCUT2D eigenvalue weighted by Gasteiger charge is -2.21. The minimum absolute atomic E-state index is 0.348. The number of carbonyl (C=O) groups excluding carboxylic acids is 1. The number of carboxylic acid groups (broad SMARTS) is 1. The van der Waals surface area contributed by atoms with Gasteiger partial charge in [-0.05, 0) is 30.4 Å². The van der Waals surface area contributed by atoms with Gasteiger partial charge < -0.3 is 15.3 Å². The maximum atomic E-state index is 12.0. The molecular weight excluding hydrogens is 288 g/mol. The lowest BCUT2D eigenvalue weighted by molar-refractivity contribution is -0.139. The molecule has 1 aromatic carbocycles. The van der Waals surface area contributed by atoms with Crippen LogP contribution in [0.1, 0.15) is 12.0 Å². The predicted molar refractivity (Wildman–Crippen MR) is 85.7 cm³/mol.